The largest absolute Gasteiger partial charge is 0.456 e. The predicted molar refractivity (Wildman–Crippen MR) is 86.7 cm³/mol. The van der Waals surface area contributed by atoms with E-state index in [2.05, 4.69) is 0 Å². The highest BCUT2D eigenvalue weighted by molar-refractivity contribution is 7.89. The quantitative estimate of drug-likeness (QED) is 0.844. The van der Waals surface area contributed by atoms with E-state index in [0.717, 1.165) is 19.3 Å². The number of nitrogens with zero attached hydrogens (tertiary/aromatic N) is 2. The Hall–Kier alpha value is -1.34. The lowest BCUT2D eigenvalue weighted by atomic mass is 10.1. The van der Waals surface area contributed by atoms with Gasteiger partial charge in [0.15, 0.2) is 5.76 Å². The Morgan fingerprint density at radius 3 is 2.30 bits per heavy atom. The molecule has 0 aliphatic carbocycles. The maximum Gasteiger partial charge on any atom is 0.289 e. The van der Waals surface area contributed by atoms with Crippen molar-refractivity contribution in [2.75, 3.05) is 26.2 Å². The van der Waals surface area contributed by atoms with Gasteiger partial charge < -0.3 is 9.32 Å². The van der Waals surface area contributed by atoms with Crippen molar-refractivity contribution in [3.63, 3.8) is 0 Å². The summed E-state index contributed by atoms with van der Waals surface area (Å²) in [7, 11) is -3.22. The molecule has 3 rings (SSSR count). The Bertz CT molecular complexity index is 653. The molecular formula is C16H24N2O4S. The van der Waals surface area contributed by atoms with Crippen molar-refractivity contribution in [3.8, 4) is 0 Å². The zero-order valence-corrected chi connectivity index (χ0v) is 14.3. The summed E-state index contributed by atoms with van der Waals surface area (Å²) in [4.78, 5) is 14.0. The summed E-state index contributed by atoms with van der Waals surface area (Å²) in [6, 6.07) is 3.44. The highest BCUT2D eigenvalue weighted by atomic mass is 32.2. The number of hydrogen-bond acceptors (Lipinski definition) is 4. The first-order chi connectivity index (χ1) is 11.0. The van der Waals surface area contributed by atoms with Crippen LogP contribution >= 0.6 is 0 Å². The van der Waals surface area contributed by atoms with Gasteiger partial charge in [-0.15, -0.1) is 0 Å². The number of likely N-dealkylation sites (tertiary alicyclic amines) is 1. The Kier molecular flexibility index (Phi) is 4.77. The second-order valence-corrected chi connectivity index (χ2v) is 8.62. The Morgan fingerprint density at radius 2 is 1.74 bits per heavy atom. The van der Waals surface area contributed by atoms with Gasteiger partial charge in [0.2, 0.25) is 10.0 Å². The van der Waals surface area contributed by atoms with E-state index in [4.69, 9.17) is 4.42 Å². The standard InChI is InChI=1S/C16H24N2O4S/c1-13-5-6-15(22-13)16(19)17-11-7-14(8-12-17)23(20,21)18-9-3-2-4-10-18/h5-6,14H,2-4,7-12H2,1H3. The maximum atomic E-state index is 12.7. The van der Waals surface area contributed by atoms with Crippen LogP contribution in [0.15, 0.2) is 16.5 Å². The molecule has 3 heterocycles. The molecule has 0 atom stereocenters. The molecule has 2 aliphatic rings. The van der Waals surface area contributed by atoms with Gasteiger partial charge in [-0.3, -0.25) is 4.79 Å². The Balaban J connectivity index is 1.60. The van der Waals surface area contributed by atoms with Crippen molar-refractivity contribution in [1.82, 2.24) is 9.21 Å². The smallest absolute Gasteiger partial charge is 0.289 e. The van der Waals surface area contributed by atoms with E-state index in [0.29, 0.717) is 50.5 Å². The van der Waals surface area contributed by atoms with Crippen LogP contribution in [0.25, 0.3) is 0 Å². The zero-order chi connectivity index (χ0) is 16.4. The van der Waals surface area contributed by atoms with Crippen molar-refractivity contribution >= 4 is 15.9 Å². The first kappa shape index (κ1) is 16.5. The minimum Gasteiger partial charge on any atom is -0.456 e. The number of carbonyl (C=O) groups is 1. The maximum absolute atomic E-state index is 12.7. The van der Waals surface area contributed by atoms with Crippen molar-refractivity contribution in [2.24, 2.45) is 0 Å². The average Bonchev–Trinajstić information content (AvgIpc) is 3.01. The van der Waals surface area contributed by atoms with Crippen LogP contribution < -0.4 is 0 Å². The van der Waals surface area contributed by atoms with Gasteiger partial charge in [-0.1, -0.05) is 6.42 Å². The van der Waals surface area contributed by atoms with Gasteiger partial charge in [-0.2, -0.15) is 0 Å². The summed E-state index contributed by atoms with van der Waals surface area (Å²) in [6.07, 6.45) is 4.03. The molecule has 23 heavy (non-hydrogen) atoms. The van der Waals surface area contributed by atoms with Gasteiger partial charge in [0.25, 0.3) is 5.91 Å². The van der Waals surface area contributed by atoms with Gasteiger partial charge in [-0.25, -0.2) is 12.7 Å². The normalized spacial score (nSPS) is 21.5. The molecule has 0 spiro atoms. The number of furan rings is 1. The molecule has 6 nitrogen and oxygen atoms in total. The fourth-order valence-corrected chi connectivity index (χ4v) is 5.39. The number of amides is 1. The number of piperidine rings is 2. The molecule has 0 N–H and O–H groups in total. The van der Waals surface area contributed by atoms with Gasteiger partial charge >= 0.3 is 0 Å². The molecule has 2 aliphatic heterocycles. The van der Waals surface area contributed by atoms with E-state index >= 15 is 0 Å². The summed E-state index contributed by atoms with van der Waals surface area (Å²) < 4.78 is 32.4. The van der Waals surface area contributed by atoms with E-state index in [1.54, 1.807) is 28.3 Å². The lowest BCUT2D eigenvalue weighted by Gasteiger charge is -2.35. The van der Waals surface area contributed by atoms with E-state index in [1.807, 2.05) is 0 Å². The molecule has 0 aromatic carbocycles. The topological polar surface area (TPSA) is 70.8 Å². The van der Waals surface area contributed by atoms with Gasteiger partial charge in [-0.05, 0) is 44.7 Å². The number of rotatable bonds is 3. The fraction of sp³-hybridized carbons (Fsp3) is 0.688. The first-order valence-corrected chi connectivity index (χ1v) is 9.83. The highest BCUT2D eigenvalue weighted by Crippen LogP contribution is 2.25. The van der Waals surface area contributed by atoms with Crippen molar-refractivity contribution in [1.29, 1.82) is 0 Å². The molecule has 0 bridgehead atoms. The van der Waals surface area contributed by atoms with Crippen molar-refractivity contribution < 1.29 is 17.6 Å². The predicted octanol–water partition coefficient (Wildman–Crippen LogP) is 2.01. The minimum atomic E-state index is -3.22. The SMILES string of the molecule is Cc1ccc(C(=O)N2CCC(S(=O)(=O)N3CCCCC3)CC2)o1. The van der Waals surface area contributed by atoms with Crippen LogP contribution in [0.4, 0.5) is 0 Å². The van der Waals surface area contributed by atoms with Crippen molar-refractivity contribution in [3.05, 3.63) is 23.7 Å². The number of carbonyl (C=O) groups excluding carboxylic acids is 1. The third-order valence-electron chi connectivity index (χ3n) is 4.78. The summed E-state index contributed by atoms with van der Waals surface area (Å²) in [5.74, 6) is 0.891. The number of aryl methyl sites for hydroxylation is 1. The van der Waals surface area contributed by atoms with E-state index in [-0.39, 0.29) is 11.2 Å². The summed E-state index contributed by atoms with van der Waals surface area (Å²) in [6.45, 7) is 4.03. The molecule has 0 radical (unpaired) electrons. The number of sulfonamides is 1. The number of hydrogen-bond donors (Lipinski definition) is 0. The molecule has 1 amide bonds. The van der Waals surface area contributed by atoms with Crippen LogP contribution in [0, 0.1) is 6.92 Å². The molecule has 0 saturated carbocycles. The molecule has 7 heteroatoms. The summed E-state index contributed by atoms with van der Waals surface area (Å²) in [5, 5.41) is -0.358. The Labute approximate surface area is 137 Å². The molecule has 2 saturated heterocycles. The minimum absolute atomic E-state index is 0.146. The van der Waals surface area contributed by atoms with Crippen LogP contribution in [-0.2, 0) is 10.0 Å². The Morgan fingerprint density at radius 1 is 1.09 bits per heavy atom. The summed E-state index contributed by atoms with van der Waals surface area (Å²) >= 11 is 0. The summed E-state index contributed by atoms with van der Waals surface area (Å²) in [5.41, 5.74) is 0. The van der Waals surface area contributed by atoms with Crippen LogP contribution in [-0.4, -0.2) is 55.0 Å². The van der Waals surface area contributed by atoms with Crippen LogP contribution in [0.2, 0.25) is 0 Å². The second-order valence-electron chi connectivity index (χ2n) is 6.41. The fourth-order valence-electron chi connectivity index (χ4n) is 3.39. The monoisotopic (exact) mass is 340 g/mol. The van der Waals surface area contributed by atoms with Gasteiger partial charge in [0.1, 0.15) is 5.76 Å². The van der Waals surface area contributed by atoms with E-state index < -0.39 is 10.0 Å². The van der Waals surface area contributed by atoms with E-state index in [9.17, 15) is 13.2 Å². The molecule has 0 unspecified atom stereocenters. The third kappa shape index (κ3) is 3.45. The van der Waals surface area contributed by atoms with Crippen LogP contribution in [0.1, 0.15) is 48.4 Å². The molecular weight excluding hydrogens is 316 g/mol. The lowest BCUT2D eigenvalue weighted by Crippen LogP contribution is -2.48. The van der Waals surface area contributed by atoms with Crippen LogP contribution in [0.5, 0.6) is 0 Å². The molecule has 1 aromatic rings. The van der Waals surface area contributed by atoms with Gasteiger partial charge in [0.05, 0.1) is 5.25 Å². The molecule has 2 fully saturated rings. The van der Waals surface area contributed by atoms with E-state index in [1.165, 1.54) is 0 Å². The first-order valence-electron chi connectivity index (χ1n) is 8.33. The van der Waals surface area contributed by atoms with Gasteiger partial charge in [0, 0.05) is 26.2 Å². The van der Waals surface area contributed by atoms with Crippen molar-refractivity contribution in [2.45, 2.75) is 44.3 Å². The lowest BCUT2D eigenvalue weighted by molar-refractivity contribution is 0.0691. The zero-order valence-electron chi connectivity index (χ0n) is 13.5. The van der Waals surface area contributed by atoms with Crippen LogP contribution in [0.3, 0.4) is 0 Å². The highest BCUT2D eigenvalue weighted by Gasteiger charge is 2.36. The average molecular weight is 340 g/mol. The second kappa shape index (κ2) is 6.65. The third-order valence-corrected chi connectivity index (χ3v) is 7.18. The molecule has 128 valence electrons. The molecule has 1 aromatic heterocycles.